The van der Waals surface area contributed by atoms with Gasteiger partial charge in [-0.15, -0.1) is 6.58 Å². The highest BCUT2D eigenvalue weighted by molar-refractivity contribution is 5.81. The van der Waals surface area contributed by atoms with Crippen molar-refractivity contribution in [2.75, 3.05) is 6.61 Å². The van der Waals surface area contributed by atoms with Gasteiger partial charge in [0.05, 0.1) is 6.61 Å². The summed E-state index contributed by atoms with van der Waals surface area (Å²) in [6.45, 7) is 6.04. The van der Waals surface area contributed by atoms with Gasteiger partial charge in [-0.3, -0.25) is 0 Å². The van der Waals surface area contributed by atoms with Gasteiger partial charge in [-0.05, 0) is 38.0 Å². The molecule has 0 aromatic rings. The average molecular weight is 208 g/mol. The number of hydrogen-bond acceptors (Lipinski definition) is 2. The highest BCUT2D eigenvalue weighted by Crippen LogP contribution is 2.35. The molecule has 0 radical (unpaired) electrons. The highest BCUT2D eigenvalue weighted by atomic mass is 16.5. The predicted octanol–water partition coefficient (Wildman–Crippen LogP) is 3.10. The Balaban J connectivity index is 2.42. The van der Waals surface area contributed by atoms with Crippen LogP contribution in [0.25, 0.3) is 0 Å². The van der Waals surface area contributed by atoms with Gasteiger partial charge in [-0.2, -0.15) is 0 Å². The lowest BCUT2D eigenvalue weighted by Crippen LogP contribution is -2.06. The van der Waals surface area contributed by atoms with Crippen molar-refractivity contribution in [3.8, 4) is 0 Å². The molecule has 0 saturated heterocycles. The van der Waals surface area contributed by atoms with E-state index >= 15 is 0 Å². The van der Waals surface area contributed by atoms with Crippen molar-refractivity contribution in [2.45, 2.75) is 32.6 Å². The molecular weight excluding hydrogens is 188 g/mol. The van der Waals surface area contributed by atoms with Gasteiger partial charge in [-0.25, -0.2) is 4.79 Å². The molecule has 0 aromatic carbocycles. The van der Waals surface area contributed by atoms with Crippen LogP contribution in [0, 0.1) is 11.8 Å². The van der Waals surface area contributed by atoms with Crippen molar-refractivity contribution < 1.29 is 9.53 Å². The molecule has 1 rings (SSSR count). The first-order valence-corrected chi connectivity index (χ1v) is 5.73. The van der Waals surface area contributed by atoms with Crippen molar-refractivity contribution >= 4 is 5.97 Å². The monoisotopic (exact) mass is 208 g/mol. The van der Waals surface area contributed by atoms with E-state index in [4.69, 9.17) is 4.74 Å². The fourth-order valence-electron chi connectivity index (χ4n) is 2.22. The number of esters is 1. The minimum Gasteiger partial charge on any atom is -0.463 e. The van der Waals surface area contributed by atoms with Crippen molar-refractivity contribution in [1.29, 1.82) is 0 Å². The standard InChI is InChI=1S/C13H20O2/c1-3-6-11-7-5-8-12(11)9-10-13(14)15-4-2/h3,9-12H,1,4-8H2,2H3/b10-9-/t11-,12-/m1/s1. The molecule has 2 atom stereocenters. The fraction of sp³-hybridized carbons (Fsp3) is 0.615. The lowest BCUT2D eigenvalue weighted by Gasteiger charge is -2.13. The summed E-state index contributed by atoms with van der Waals surface area (Å²) in [5.74, 6) is 0.988. The molecule has 0 bridgehead atoms. The third-order valence-electron chi connectivity index (χ3n) is 2.95. The molecular formula is C13H20O2. The first-order chi connectivity index (χ1) is 7.27. The van der Waals surface area contributed by atoms with Gasteiger partial charge < -0.3 is 4.74 Å². The lowest BCUT2D eigenvalue weighted by atomic mass is 9.92. The second kappa shape index (κ2) is 6.44. The normalized spacial score (nSPS) is 25.7. The first kappa shape index (κ1) is 12.0. The fourth-order valence-corrected chi connectivity index (χ4v) is 2.22. The van der Waals surface area contributed by atoms with Crippen LogP contribution in [0.1, 0.15) is 32.6 Å². The van der Waals surface area contributed by atoms with Gasteiger partial charge in [0.1, 0.15) is 0 Å². The summed E-state index contributed by atoms with van der Waals surface area (Å²) in [7, 11) is 0. The summed E-state index contributed by atoms with van der Waals surface area (Å²) < 4.78 is 4.85. The molecule has 1 saturated carbocycles. The molecule has 15 heavy (non-hydrogen) atoms. The van der Waals surface area contributed by atoms with Gasteiger partial charge in [0, 0.05) is 6.08 Å². The number of rotatable bonds is 5. The van der Waals surface area contributed by atoms with Gasteiger partial charge in [-0.1, -0.05) is 18.6 Å². The molecule has 0 amide bonds. The van der Waals surface area contributed by atoms with Crippen molar-refractivity contribution in [3.63, 3.8) is 0 Å². The zero-order valence-corrected chi connectivity index (χ0v) is 9.45. The molecule has 1 aliphatic rings. The van der Waals surface area contributed by atoms with E-state index in [9.17, 15) is 4.79 Å². The smallest absolute Gasteiger partial charge is 0.330 e. The maximum Gasteiger partial charge on any atom is 0.330 e. The highest BCUT2D eigenvalue weighted by Gasteiger charge is 2.23. The van der Waals surface area contributed by atoms with Crippen LogP contribution >= 0.6 is 0 Å². The Morgan fingerprint density at radius 1 is 1.53 bits per heavy atom. The van der Waals surface area contributed by atoms with Crippen LogP contribution in [0.5, 0.6) is 0 Å². The molecule has 0 aliphatic heterocycles. The molecule has 0 heterocycles. The molecule has 2 heteroatoms. The van der Waals surface area contributed by atoms with E-state index in [1.165, 1.54) is 19.3 Å². The Hall–Kier alpha value is -1.05. The summed E-state index contributed by atoms with van der Waals surface area (Å²) >= 11 is 0. The van der Waals surface area contributed by atoms with Crippen LogP contribution in [0.4, 0.5) is 0 Å². The van der Waals surface area contributed by atoms with Crippen molar-refractivity contribution in [1.82, 2.24) is 0 Å². The van der Waals surface area contributed by atoms with Crippen LogP contribution in [0.2, 0.25) is 0 Å². The van der Waals surface area contributed by atoms with E-state index in [0.717, 1.165) is 6.42 Å². The number of hydrogen-bond donors (Lipinski definition) is 0. The first-order valence-electron chi connectivity index (χ1n) is 5.73. The zero-order valence-electron chi connectivity index (χ0n) is 9.45. The van der Waals surface area contributed by atoms with E-state index < -0.39 is 0 Å². The van der Waals surface area contributed by atoms with E-state index in [0.29, 0.717) is 18.4 Å². The van der Waals surface area contributed by atoms with Crippen molar-refractivity contribution in [2.24, 2.45) is 11.8 Å². The summed E-state index contributed by atoms with van der Waals surface area (Å²) in [5, 5.41) is 0. The van der Waals surface area contributed by atoms with E-state index in [1.807, 2.05) is 19.1 Å². The molecule has 0 unspecified atom stereocenters. The number of ether oxygens (including phenoxy) is 1. The van der Waals surface area contributed by atoms with E-state index in [2.05, 4.69) is 6.58 Å². The number of allylic oxidation sites excluding steroid dienone is 2. The predicted molar refractivity (Wildman–Crippen MR) is 61.4 cm³/mol. The third kappa shape index (κ3) is 3.90. The Bertz CT molecular complexity index is 243. The minimum atomic E-state index is -0.221. The zero-order chi connectivity index (χ0) is 11.1. The molecule has 1 fully saturated rings. The topological polar surface area (TPSA) is 26.3 Å². The maximum absolute atomic E-state index is 11.1. The Labute approximate surface area is 92.0 Å². The van der Waals surface area contributed by atoms with Gasteiger partial charge in [0.2, 0.25) is 0 Å². The Morgan fingerprint density at radius 3 is 3.00 bits per heavy atom. The number of carbonyl (C=O) groups is 1. The largest absolute Gasteiger partial charge is 0.463 e. The van der Waals surface area contributed by atoms with Crippen molar-refractivity contribution in [3.05, 3.63) is 24.8 Å². The van der Waals surface area contributed by atoms with E-state index in [-0.39, 0.29) is 5.97 Å². The average Bonchev–Trinajstić information content (AvgIpc) is 2.64. The van der Waals surface area contributed by atoms with Crippen LogP contribution in [0.15, 0.2) is 24.8 Å². The molecule has 0 spiro atoms. The summed E-state index contributed by atoms with van der Waals surface area (Å²) in [6.07, 6.45) is 10.3. The van der Waals surface area contributed by atoms with Crippen LogP contribution < -0.4 is 0 Å². The van der Waals surface area contributed by atoms with Crippen LogP contribution in [-0.4, -0.2) is 12.6 Å². The molecule has 0 N–H and O–H groups in total. The van der Waals surface area contributed by atoms with Gasteiger partial charge >= 0.3 is 5.97 Å². The minimum absolute atomic E-state index is 0.221. The van der Waals surface area contributed by atoms with Gasteiger partial charge in [0.25, 0.3) is 0 Å². The lowest BCUT2D eigenvalue weighted by molar-refractivity contribution is -0.137. The second-order valence-corrected chi connectivity index (χ2v) is 3.99. The van der Waals surface area contributed by atoms with Gasteiger partial charge in [0.15, 0.2) is 0 Å². The third-order valence-corrected chi connectivity index (χ3v) is 2.95. The van der Waals surface area contributed by atoms with Crippen LogP contribution in [-0.2, 0) is 9.53 Å². The second-order valence-electron chi connectivity index (χ2n) is 3.99. The van der Waals surface area contributed by atoms with E-state index in [1.54, 1.807) is 6.08 Å². The number of carbonyl (C=O) groups excluding carboxylic acids is 1. The molecule has 2 nitrogen and oxygen atoms in total. The molecule has 84 valence electrons. The summed E-state index contributed by atoms with van der Waals surface area (Å²) in [6, 6.07) is 0. The SMILES string of the molecule is C=CC[C@@H]1CCC[C@@H]1/C=C\C(=O)OCC. The molecule has 1 aliphatic carbocycles. The Kier molecular flexibility index (Phi) is 5.16. The van der Waals surface area contributed by atoms with Crippen LogP contribution in [0.3, 0.4) is 0 Å². The maximum atomic E-state index is 11.1. The Morgan fingerprint density at radius 2 is 2.33 bits per heavy atom. The molecule has 0 aromatic heterocycles. The summed E-state index contributed by atoms with van der Waals surface area (Å²) in [4.78, 5) is 11.1. The quantitative estimate of drug-likeness (QED) is 0.394. The summed E-state index contributed by atoms with van der Waals surface area (Å²) in [5.41, 5.74) is 0.